The van der Waals surface area contributed by atoms with Gasteiger partial charge in [0.15, 0.2) is 11.5 Å². The van der Waals surface area contributed by atoms with Crippen LogP contribution in [-0.4, -0.2) is 37.3 Å². The maximum atomic E-state index is 11.4. The van der Waals surface area contributed by atoms with Crippen molar-refractivity contribution in [1.82, 2.24) is 0 Å². The van der Waals surface area contributed by atoms with Crippen LogP contribution in [0.4, 0.5) is 0 Å². The van der Waals surface area contributed by atoms with E-state index in [0.29, 0.717) is 28.2 Å². The first-order chi connectivity index (χ1) is 10.9. The van der Waals surface area contributed by atoms with Crippen molar-refractivity contribution in [3.8, 4) is 17.2 Å². The summed E-state index contributed by atoms with van der Waals surface area (Å²) in [6, 6.07) is 4.47. The van der Waals surface area contributed by atoms with Gasteiger partial charge < -0.3 is 28.5 Å². The summed E-state index contributed by atoms with van der Waals surface area (Å²) in [4.78, 5) is 11.4. The molecule has 3 rings (SSSR count). The van der Waals surface area contributed by atoms with Gasteiger partial charge in [-0.2, -0.15) is 0 Å². The van der Waals surface area contributed by atoms with Crippen molar-refractivity contribution in [3.05, 3.63) is 28.6 Å². The quantitative estimate of drug-likeness (QED) is 0.838. The van der Waals surface area contributed by atoms with Gasteiger partial charge in [-0.3, -0.25) is 0 Å². The summed E-state index contributed by atoms with van der Waals surface area (Å²) in [6.45, 7) is 3.55. The van der Waals surface area contributed by atoms with Crippen LogP contribution in [0.5, 0.6) is 17.2 Å². The van der Waals surface area contributed by atoms with E-state index in [9.17, 15) is 9.90 Å². The molecule has 0 aliphatic carbocycles. The number of aliphatic hydroxyl groups excluding tert-OH is 1. The molecule has 1 aliphatic heterocycles. The second-order valence-electron chi connectivity index (χ2n) is 5.74. The summed E-state index contributed by atoms with van der Waals surface area (Å²) >= 11 is 0. The van der Waals surface area contributed by atoms with Crippen LogP contribution in [0.1, 0.15) is 13.8 Å². The lowest BCUT2D eigenvalue weighted by molar-refractivity contribution is -0.0915. The average molecular weight is 322 g/mol. The van der Waals surface area contributed by atoms with Gasteiger partial charge in [-0.1, -0.05) is 0 Å². The zero-order valence-electron chi connectivity index (χ0n) is 13.1. The predicted octanol–water partition coefficient (Wildman–Crippen LogP) is 1.69. The number of ether oxygens (including phenoxy) is 4. The Morgan fingerprint density at radius 1 is 1.35 bits per heavy atom. The van der Waals surface area contributed by atoms with Gasteiger partial charge in [0, 0.05) is 19.2 Å². The minimum absolute atomic E-state index is 0.0190. The van der Waals surface area contributed by atoms with Crippen LogP contribution >= 0.6 is 0 Å². The summed E-state index contributed by atoms with van der Waals surface area (Å²) < 4.78 is 26.9. The minimum Gasteiger partial charge on any atom is -0.486 e. The van der Waals surface area contributed by atoms with E-state index in [1.54, 1.807) is 26.0 Å². The lowest BCUT2D eigenvalue weighted by Gasteiger charge is -2.29. The Morgan fingerprint density at radius 3 is 2.87 bits per heavy atom. The molecule has 7 nitrogen and oxygen atoms in total. The lowest BCUT2D eigenvalue weighted by atomic mass is 10.0. The number of methoxy groups -OCH3 is 1. The summed E-state index contributed by atoms with van der Waals surface area (Å²) in [7, 11) is 1.52. The second-order valence-corrected chi connectivity index (χ2v) is 5.74. The molecule has 2 aromatic rings. The van der Waals surface area contributed by atoms with Crippen LogP contribution in [0.25, 0.3) is 11.0 Å². The van der Waals surface area contributed by atoms with Gasteiger partial charge in [-0.05, 0) is 19.9 Å². The molecule has 23 heavy (non-hydrogen) atoms. The molecule has 1 aliphatic rings. The maximum absolute atomic E-state index is 11.4. The molecule has 0 saturated heterocycles. The third-order valence-corrected chi connectivity index (χ3v) is 3.93. The maximum Gasteiger partial charge on any atom is 0.336 e. The van der Waals surface area contributed by atoms with Gasteiger partial charge in [0.2, 0.25) is 12.5 Å². The fourth-order valence-corrected chi connectivity index (χ4v) is 2.18. The van der Waals surface area contributed by atoms with Gasteiger partial charge in [0.25, 0.3) is 0 Å². The highest BCUT2D eigenvalue weighted by atomic mass is 16.7. The van der Waals surface area contributed by atoms with E-state index in [0.717, 1.165) is 0 Å². The van der Waals surface area contributed by atoms with E-state index in [4.69, 9.17) is 23.4 Å². The smallest absolute Gasteiger partial charge is 0.336 e. The number of hydrogen-bond acceptors (Lipinski definition) is 7. The molecule has 7 heteroatoms. The highest BCUT2D eigenvalue weighted by Crippen LogP contribution is 2.46. The number of hydrogen-bond donors (Lipinski definition) is 1. The lowest BCUT2D eigenvalue weighted by Crippen LogP contribution is -2.42. The highest BCUT2D eigenvalue weighted by Gasteiger charge is 2.30. The Bertz CT molecular complexity index is 778. The molecule has 0 amide bonds. The van der Waals surface area contributed by atoms with Crippen LogP contribution in [0.2, 0.25) is 0 Å². The van der Waals surface area contributed by atoms with E-state index in [-0.39, 0.29) is 13.4 Å². The normalized spacial score (nSPS) is 15.0. The van der Waals surface area contributed by atoms with Gasteiger partial charge >= 0.3 is 5.63 Å². The molecule has 1 N–H and O–H groups in total. The van der Waals surface area contributed by atoms with Crippen molar-refractivity contribution < 1.29 is 28.5 Å². The zero-order valence-corrected chi connectivity index (χ0v) is 13.1. The van der Waals surface area contributed by atoms with Crippen LogP contribution in [0.15, 0.2) is 27.4 Å². The molecule has 124 valence electrons. The van der Waals surface area contributed by atoms with Crippen LogP contribution < -0.4 is 19.8 Å². The Hall–Kier alpha value is -2.25. The number of rotatable bonds is 5. The molecular weight excluding hydrogens is 304 g/mol. The summed E-state index contributed by atoms with van der Waals surface area (Å²) in [5.74, 6) is 1.22. The van der Waals surface area contributed by atoms with Crippen molar-refractivity contribution in [2.75, 3.05) is 20.5 Å². The van der Waals surface area contributed by atoms with Gasteiger partial charge in [-0.15, -0.1) is 0 Å². The third kappa shape index (κ3) is 2.85. The summed E-state index contributed by atoms with van der Waals surface area (Å²) in [5.41, 5.74) is -0.905. The highest BCUT2D eigenvalue weighted by molar-refractivity contribution is 5.89. The zero-order chi connectivity index (χ0) is 16.6. The molecule has 1 atom stereocenters. The Kier molecular flexibility index (Phi) is 3.91. The third-order valence-electron chi connectivity index (χ3n) is 3.93. The Labute approximate surface area is 132 Å². The van der Waals surface area contributed by atoms with Crippen molar-refractivity contribution in [2.45, 2.75) is 25.6 Å². The molecular formula is C16H18O7. The van der Waals surface area contributed by atoms with Crippen molar-refractivity contribution in [1.29, 1.82) is 0 Å². The monoisotopic (exact) mass is 322 g/mol. The molecule has 1 aromatic heterocycles. The largest absolute Gasteiger partial charge is 0.486 e. The molecule has 2 heterocycles. The number of benzene rings is 1. The summed E-state index contributed by atoms with van der Waals surface area (Å²) in [6.07, 6.45) is -0.864. The predicted molar refractivity (Wildman–Crippen MR) is 81.2 cm³/mol. The second kappa shape index (κ2) is 5.75. The minimum atomic E-state index is -0.864. The first kappa shape index (κ1) is 15.6. The Morgan fingerprint density at radius 2 is 2.13 bits per heavy atom. The molecule has 0 spiro atoms. The fourth-order valence-electron chi connectivity index (χ4n) is 2.18. The average Bonchev–Trinajstić information content (AvgIpc) is 2.98. The van der Waals surface area contributed by atoms with E-state index < -0.39 is 17.3 Å². The van der Waals surface area contributed by atoms with E-state index in [1.807, 2.05) is 0 Å². The first-order valence-corrected chi connectivity index (χ1v) is 7.15. The van der Waals surface area contributed by atoms with Crippen LogP contribution in [0.3, 0.4) is 0 Å². The molecule has 0 fully saturated rings. The Balaban J connectivity index is 1.98. The fraction of sp³-hybridized carbons (Fsp3) is 0.438. The number of aliphatic hydroxyl groups is 1. The molecule has 0 saturated carbocycles. The van der Waals surface area contributed by atoms with Gasteiger partial charge in [0.1, 0.15) is 18.3 Å². The summed E-state index contributed by atoms with van der Waals surface area (Å²) in [5, 5.41) is 10.8. The molecule has 1 aromatic carbocycles. The van der Waals surface area contributed by atoms with E-state index in [1.165, 1.54) is 13.2 Å². The van der Waals surface area contributed by atoms with E-state index in [2.05, 4.69) is 0 Å². The molecule has 0 bridgehead atoms. The van der Waals surface area contributed by atoms with Gasteiger partial charge in [0.05, 0.1) is 11.0 Å². The van der Waals surface area contributed by atoms with Crippen LogP contribution in [-0.2, 0) is 4.74 Å². The first-order valence-electron chi connectivity index (χ1n) is 7.15. The molecule has 0 radical (unpaired) electrons. The van der Waals surface area contributed by atoms with Crippen molar-refractivity contribution in [2.24, 2.45) is 0 Å². The number of fused-ring (bicyclic) bond motifs is 2. The van der Waals surface area contributed by atoms with Crippen molar-refractivity contribution in [3.63, 3.8) is 0 Å². The van der Waals surface area contributed by atoms with Crippen molar-refractivity contribution >= 4 is 11.0 Å². The molecule has 1 unspecified atom stereocenters. The standard InChI is InChI=1S/C16H18O7/c1-16(2,19-3)12(17)7-20-14-9-4-5-13(18)23-10(9)6-11-15(14)22-8-21-11/h4-6,12,17H,7-8H2,1-3H3. The SMILES string of the molecule is COC(C)(C)C(O)COc1c2c(cc3oc(=O)ccc13)OCO2. The van der Waals surface area contributed by atoms with Crippen LogP contribution in [0, 0.1) is 0 Å². The van der Waals surface area contributed by atoms with E-state index >= 15 is 0 Å². The van der Waals surface area contributed by atoms with Gasteiger partial charge in [-0.25, -0.2) is 4.79 Å². The topological polar surface area (TPSA) is 87.4 Å².